The smallest absolute Gasteiger partial charge is 0.238 e. The van der Waals surface area contributed by atoms with Crippen LogP contribution >= 0.6 is 35.6 Å². The molecule has 1 atom stereocenters. The van der Waals surface area contributed by atoms with Crippen molar-refractivity contribution in [1.82, 2.24) is 10.2 Å². The zero-order valence-electron chi connectivity index (χ0n) is 14.2. The summed E-state index contributed by atoms with van der Waals surface area (Å²) < 4.78 is 0. The maximum Gasteiger partial charge on any atom is 0.238 e. The Morgan fingerprint density at radius 3 is 2.79 bits per heavy atom. The number of carbonyl (C=O) groups is 1. The van der Waals surface area contributed by atoms with E-state index in [4.69, 9.17) is 23.2 Å². The molecular formula is C17H26Cl3N3O. The zero-order chi connectivity index (χ0) is 16.9. The molecule has 136 valence electrons. The summed E-state index contributed by atoms with van der Waals surface area (Å²) in [6.45, 7) is 8.67. The highest BCUT2D eigenvalue weighted by molar-refractivity contribution is 6.35. The second kappa shape index (κ2) is 9.83. The van der Waals surface area contributed by atoms with E-state index in [9.17, 15) is 4.79 Å². The monoisotopic (exact) mass is 393 g/mol. The lowest BCUT2D eigenvalue weighted by Crippen LogP contribution is -2.41. The van der Waals surface area contributed by atoms with Crippen LogP contribution in [0.15, 0.2) is 18.2 Å². The van der Waals surface area contributed by atoms with Gasteiger partial charge in [0, 0.05) is 18.1 Å². The Morgan fingerprint density at radius 1 is 1.42 bits per heavy atom. The number of carbonyl (C=O) groups excluding carboxylic acids is 1. The molecule has 1 aliphatic rings. The number of nitrogens with zero attached hydrogens (tertiary/aromatic N) is 1. The number of nitrogens with one attached hydrogen (secondary N) is 2. The van der Waals surface area contributed by atoms with Crippen LogP contribution in [0.3, 0.4) is 0 Å². The van der Waals surface area contributed by atoms with Crippen molar-refractivity contribution in [3.8, 4) is 0 Å². The number of benzene rings is 1. The minimum atomic E-state index is -0.0582. The van der Waals surface area contributed by atoms with E-state index >= 15 is 0 Å². The molecule has 1 aromatic carbocycles. The van der Waals surface area contributed by atoms with Crippen molar-refractivity contribution < 1.29 is 4.79 Å². The van der Waals surface area contributed by atoms with Crippen molar-refractivity contribution in [3.05, 3.63) is 28.2 Å². The number of halogens is 3. The summed E-state index contributed by atoms with van der Waals surface area (Å²) in [6, 6.07) is 5.07. The van der Waals surface area contributed by atoms with Gasteiger partial charge in [0.25, 0.3) is 0 Å². The maximum absolute atomic E-state index is 12.4. The molecule has 1 amide bonds. The van der Waals surface area contributed by atoms with E-state index in [2.05, 4.69) is 29.4 Å². The summed E-state index contributed by atoms with van der Waals surface area (Å²) in [4.78, 5) is 14.6. The molecule has 1 aromatic rings. The highest BCUT2D eigenvalue weighted by Crippen LogP contribution is 2.27. The van der Waals surface area contributed by atoms with Crippen LogP contribution in [0.5, 0.6) is 0 Å². The highest BCUT2D eigenvalue weighted by Gasteiger charge is 2.31. The van der Waals surface area contributed by atoms with Crippen LogP contribution < -0.4 is 10.6 Å². The van der Waals surface area contributed by atoms with Crippen LogP contribution in [-0.4, -0.2) is 43.5 Å². The molecule has 1 fully saturated rings. The number of hydrogen-bond donors (Lipinski definition) is 2. The van der Waals surface area contributed by atoms with E-state index in [1.165, 1.54) is 0 Å². The van der Waals surface area contributed by atoms with Crippen LogP contribution in [0.4, 0.5) is 5.69 Å². The molecule has 0 saturated carbocycles. The first-order valence-corrected chi connectivity index (χ1v) is 8.85. The van der Waals surface area contributed by atoms with Crippen molar-refractivity contribution >= 4 is 47.2 Å². The molecule has 2 N–H and O–H groups in total. The first kappa shape index (κ1) is 21.5. The lowest BCUT2D eigenvalue weighted by atomic mass is 9.89. The minimum Gasteiger partial charge on any atom is -0.324 e. The second-order valence-corrected chi connectivity index (χ2v) is 7.46. The van der Waals surface area contributed by atoms with Crippen molar-refractivity contribution in [2.45, 2.75) is 26.7 Å². The molecular weight excluding hydrogens is 369 g/mol. The lowest BCUT2D eigenvalue weighted by Gasteiger charge is -2.31. The molecule has 0 bridgehead atoms. The molecule has 0 spiro atoms. The van der Waals surface area contributed by atoms with Crippen LogP contribution in [0, 0.1) is 5.41 Å². The third-order valence-corrected chi connectivity index (χ3v) is 4.74. The van der Waals surface area contributed by atoms with Crippen molar-refractivity contribution in [2.24, 2.45) is 5.41 Å². The molecule has 2 rings (SSSR count). The van der Waals surface area contributed by atoms with E-state index in [0.717, 1.165) is 39.0 Å². The van der Waals surface area contributed by atoms with Crippen LogP contribution in [0.1, 0.15) is 26.7 Å². The fraction of sp³-hybridized carbons (Fsp3) is 0.588. The predicted molar refractivity (Wildman–Crippen MR) is 105 cm³/mol. The Bertz CT molecular complexity index is 548. The topological polar surface area (TPSA) is 44.4 Å². The van der Waals surface area contributed by atoms with Gasteiger partial charge in [0.15, 0.2) is 0 Å². The molecule has 1 saturated heterocycles. The molecule has 4 nitrogen and oxygen atoms in total. The minimum absolute atomic E-state index is 0. The summed E-state index contributed by atoms with van der Waals surface area (Å²) in [7, 11) is 0. The van der Waals surface area contributed by atoms with Gasteiger partial charge in [-0.15, -0.1) is 12.4 Å². The van der Waals surface area contributed by atoms with Gasteiger partial charge < -0.3 is 10.6 Å². The molecule has 1 heterocycles. The van der Waals surface area contributed by atoms with E-state index in [-0.39, 0.29) is 23.7 Å². The lowest BCUT2D eigenvalue weighted by molar-refractivity contribution is -0.117. The van der Waals surface area contributed by atoms with Gasteiger partial charge in [-0.25, -0.2) is 0 Å². The van der Waals surface area contributed by atoms with Gasteiger partial charge >= 0.3 is 0 Å². The van der Waals surface area contributed by atoms with Gasteiger partial charge in [-0.3, -0.25) is 9.69 Å². The van der Waals surface area contributed by atoms with E-state index in [1.54, 1.807) is 18.2 Å². The largest absolute Gasteiger partial charge is 0.324 e. The van der Waals surface area contributed by atoms with Crippen LogP contribution in [0.2, 0.25) is 10.0 Å². The van der Waals surface area contributed by atoms with Crippen molar-refractivity contribution in [2.75, 3.05) is 38.0 Å². The van der Waals surface area contributed by atoms with E-state index in [0.29, 0.717) is 22.3 Å². The summed E-state index contributed by atoms with van der Waals surface area (Å²) in [5, 5.41) is 7.32. The Kier molecular flexibility index (Phi) is 8.82. The highest BCUT2D eigenvalue weighted by atomic mass is 35.5. The molecule has 24 heavy (non-hydrogen) atoms. The zero-order valence-corrected chi connectivity index (χ0v) is 16.5. The predicted octanol–water partition coefficient (Wildman–Crippen LogP) is 4.07. The van der Waals surface area contributed by atoms with Crippen LogP contribution in [0.25, 0.3) is 0 Å². The maximum atomic E-state index is 12.4. The van der Waals surface area contributed by atoms with Crippen molar-refractivity contribution in [1.29, 1.82) is 0 Å². The number of rotatable bonds is 7. The molecule has 0 radical (unpaired) electrons. The molecule has 7 heteroatoms. The molecule has 1 unspecified atom stereocenters. The normalized spacial score (nSPS) is 20.0. The fourth-order valence-electron chi connectivity index (χ4n) is 3.06. The summed E-state index contributed by atoms with van der Waals surface area (Å²) in [6.07, 6.45) is 2.17. The quantitative estimate of drug-likeness (QED) is 0.733. The van der Waals surface area contributed by atoms with Gasteiger partial charge in [0.1, 0.15) is 0 Å². The number of hydrogen-bond acceptors (Lipinski definition) is 3. The molecule has 1 aliphatic heterocycles. The standard InChI is InChI=1S/C17H25Cl2N3O.ClH/c1-3-8-22(12-17(2)6-7-20-11-17)10-16(23)21-15-9-13(18)4-5-14(15)19;/h4-5,9,20H,3,6-8,10-12H2,1-2H3,(H,21,23);1H. The van der Waals surface area contributed by atoms with Gasteiger partial charge in [0.2, 0.25) is 5.91 Å². The van der Waals surface area contributed by atoms with Gasteiger partial charge in [0.05, 0.1) is 17.3 Å². The van der Waals surface area contributed by atoms with Crippen LogP contribution in [-0.2, 0) is 4.79 Å². The van der Waals surface area contributed by atoms with Gasteiger partial charge in [-0.05, 0) is 49.5 Å². The first-order valence-electron chi connectivity index (χ1n) is 8.10. The number of anilines is 1. The SMILES string of the molecule is CCCN(CC(=O)Nc1cc(Cl)ccc1Cl)CC1(C)CCNC1.Cl. The average Bonchev–Trinajstić information content (AvgIpc) is 2.89. The molecule has 0 aromatic heterocycles. The Hall–Kier alpha value is -0.520. The molecule has 0 aliphatic carbocycles. The van der Waals surface area contributed by atoms with Gasteiger partial charge in [-0.2, -0.15) is 0 Å². The summed E-state index contributed by atoms with van der Waals surface area (Å²) in [5.74, 6) is -0.0582. The Balaban J connectivity index is 0.00000288. The Morgan fingerprint density at radius 2 is 2.17 bits per heavy atom. The third-order valence-electron chi connectivity index (χ3n) is 4.17. The number of amides is 1. The summed E-state index contributed by atoms with van der Waals surface area (Å²) >= 11 is 12.1. The van der Waals surface area contributed by atoms with E-state index < -0.39 is 0 Å². The third kappa shape index (κ3) is 6.41. The fourth-order valence-corrected chi connectivity index (χ4v) is 3.40. The Labute approximate surface area is 160 Å². The second-order valence-electron chi connectivity index (χ2n) is 6.62. The summed E-state index contributed by atoms with van der Waals surface area (Å²) in [5.41, 5.74) is 0.803. The van der Waals surface area contributed by atoms with E-state index in [1.807, 2.05) is 0 Å². The van der Waals surface area contributed by atoms with Crippen molar-refractivity contribution in [3.63, 3.8) is 0 Å². The first-order chi connectivity index (χ1) is 10.9. The average molecular weight is 395 g/mol. The van der Waals surface area contributed by atoms with Gasteiger partial charge in [-0.1, -0.05) is 37.0 Å².